The number of benzene rings is 3. The van der Waals surface area contributed by atoms with E-state index < -0.39 is 11.1 Å². The number of amides is 2. The predicted molar refractivity (Wildman–Crippen MR) is 133 cm³/mol. The molecule has 1 heterocycles. The lowest BCUT2D eigenvalue weighted by Crippen LogP contribution is -2.33. The molecule has 0 aliphatic carbocycles. The number of rotatable bonds is 5. The molecule has 1 aliphatic heterocycles. The first-order chi connectivity index (χ1) is 15.9. The third-order valence-corrected chi connectivity index (χ3v) is 6.18. The van der Waals surface area contributed by atoms with E-state index in [4.69, 9.17) is 11.6 Å². The van der Waals surface area contributed by atoms with Crippen molar-refractivity contribution in [3.05, 3.63) is 101 Å². The molecule has 1 unspecified atom stereocenters. The van der Waals surface area contributed by atoms with E-state index in [1.807, 2.05) is 30.3 Å². The fourth-order valence-electron chi connectivity index (χ4n) is 3.11. The summed E-state index contributed by atoms with van der Waals surface area (Å²) in [6.07, 6.45) is 1.68. The first-order valence-electron chi connectivity index (χ1n) is 10.1. The van der Waals surface area contributed by atoms with E-state index in [9.17, 15) is 14.0 Å². The van der Waals surface area contributed by atoms with Crippen molar-refractivity contribution in [1.82, 2.24) is 0 Å². The van der Waals surface area contributed by atoms with E-state index in [2.05, 4.69) is 10.3 Å². The summed E-state index contributed by atoms with van der Waals surface area (Å²) in [6.45, 7) is 1.71. The molecular formula is C25H19ClFN3O2S. The maximum Gasteiger partial charge on any atom is 0.283 e. The first kappa shape index (κ1) is 22.8. The van der Waals surface area contributed by atoms with Crippen LogP contribution < -0.4 is 10.2 Å². The number of halogens is 2. The van der Waals surface area contributed by atoms with Gasteiger partial charge in [0.1, 0.15) is 11.5 Å². The fraction of sp³-hybridized carbons (Fsp3) is 0.0800. The molecule has 4 rings (SSSR count). The van der Waals surface area contributed by atoms with Gasteiger partial charge in [-0.2, -0.15) is 0 Å². The van der Waals surface area contributed by atoms with Gasteiger partial charge in [-0.3, -0.25) is 14.5 Å². The highest BCUT2D eigenvalue weighted by atomic mass is 35.5. The van der Waals surface area contributed by atoms with Crippen LogP contribution in [-0.4, -0.2) is 22.2 Å². The Bertz CT molecular complexity index is 1250. The Morgan fingerprint density at radius 1 is 1.06 bits per heavy atom. The van der Waals surface area contributed by atoms with E-state index in [0.717, 1.165) is 17.3 Å². The first-order valence-corrected chi connectivity index (χ1v) is 11.4. The van der Waals surface area contributed by atoms with Crippen molar-refractivity contribution in [2.45, 2.75) is 12.2 Å². The highest BCUT2D eigenvalue weighted by molar-refractivity contribution is 8.15. The van der Waals surface area contributed by atoms with Gasteiger partial charge in [0.15, 0.2) is 5.17 Å². The average Bonchev–Trinajstić information content (AvgIpc) is 3.11. The van der Waals surface area contributed by atoms with Crippen LogP contribution in [0, 0.1) is 5.82 Å². The van der Waals surface area contributed by atoms with Crippen LogP contribution >= 0.6 is 23.4 Å². The summed E-state index contributed by atoms with van der Waals surface area (Å²) in [5.74, 6) is -1.06. The number of aliphatic imine (C=N–C) groups is 1. The van der Waals surface area contributed by atoms with Gasteiger partial charge < -0.3 is 5.32 Å². The third-order valence-electron chi connectivity index (χ3n) is 4.80. The Labute approximate surface area is 200 Å². The second-order valence-electron chi connectivity index (χ2n) is 7.18. The molecule has 0 fully saturated rings. The van der Waals surface area contributed by atoms with E-state index in [0.29, 0.717) is 21.6 Å². The Morgan fingerprint density at radius 3 is 2.42 bits per heavy atom. The Morgan fingerprint density at radius 2 is 1.73 bits per heavy atom. The summed E-state index contributed by atoms with van der Waals surface area (Å²) in [6, 6.07) is 21.8. The van der Waals surface area contributed by atoms with Crippen molar-refractivity contribution in [2.24, 2.45) is 4.99 Å². The second kappa shape index (κ2) is 10.0. The molecular weight excluding hydrogens is 461 g/mol. The Kier molecular flexibility index (Phi) is 6.91. The molecule has 1 atom stereocenters. The smallest absolute Gasteiger partial charge is 0.283 e. The highest BCUT2D eigenvalue weighted by Crippen LogP contribution is 2.32. The van der Waals surface area contributed by atoms with E-state index in [-0.39, 0.29) is 17.5 Å². The highest BCUT2D eigenvalue weighted by Gasteiger charge is 2.34. The van der Waals surface area contributed by atoms with Crippen molar-refractivity contribution in [1.29, 1.82) is 0 Å². The summed E-state index contributed by atoms with van der Waals surface area (Å²) in [4.78, 5) is 31.9. The van der Waals surface area contributed by atoms with Gasteiger partial charge in [-0.25, -0.2) is 9.38 Å². The number of carbonyl (C=O) groups is 2. The molecule has 166 valence electrons. The number of carbonyl (C=O) groups excluding carboxylic acids is 2. The van der Waals surface area contributed by atoms with Gasteiger partial charge >= 0.3 is 0 Å². The summed E-state index contributed by atoms with van der Waals surface area (Å²) in [7, 11) is 0. The normalized spacial score (nSPS) is 15.5. The molecule has 0 aromatic heterocycles. The van der Waals surface area contributed by atoms with Crippen LogP contribution in [0.15, 0.2) is 89.6 Å². The molecule has 3 aromatic rings. The van der Waals surface area contributed by atoms with Crippen molar-refractivity contribution in [2.75, 3.05) is 10.2 Å². The zero-order valence-electron chi connectivity index (χ0n) is 17.5. The van der Waals surface area contributed by atoms with Crippen molar-refractivity contribution >= 4 is 57.8 Å². The molecule has 0 saturated carbocycles. The van der Waals surface area contributed by atoms with Crippen LogP contribution in [0.3, 0.4) is 0 Å². The summed E-state index contributed by atoms with van der Waals surface area (Å²) >= 11 is 7.27. The number of para-hydroxylation sites is 1. The SMILES string of the molecule is CC(SC1=N/C(=C\c2ccccc2)C(=O)N1c1ccc(F)cc1)C(=O)Nc1ccccc1Cl. The summed E-state index contributed by atoms with van der Waals surface area (Å²) in [5, 5.41) is 2.96. The van der Waals surface area contributed by atoms with Crippen LogP contribution in [0.25, 0.3) is 6.08 Å². The molecule has 8 heteroatoms. The predicted octanol–water partition coefficient (Wildman–Crippen LogP) is 5.98. The number of nitrogens with zero attached hydrogens (tertiary/aromatic N) is 2. The van der Waals surface area contributed by atoms with E-state index in [1.165, 1.54) is 29.2 Å². The minimum atomic E-state index is -0.591. The minimum absolute atomic E-state index is 0.228. The molecule has 0 bridgehead atoms. The van der Waals surface area contributed by atoms with Gasteiger partial charge in [-0.1, -0.05) is 65.8 Å². The van der Waals surface area contributed by atoms with Crippen LogP contribution in [0.1, 0.15) is 12.5 Å². The van der Waals surface area contributed by atoms with Crippen molar-refractivity contribution in [3.63, 3.8) is 0 Å². The topological polar surface area (TPSA) is 61.8 Å². The number of amidine groups is 1. The molecule has 3 aromatic carbocycles. The lowest BCUT2D eigenvalue weighted by Gasteiger charge is -2.20. The van der Waals surface area contributed by atoms with Crippen LogP contribution in [0.4, 0.5) is 15.8 Å². The number of hydrogen-bond donors (Lipinski definition) is 1. The average molecular weight is 480 g/mol. The molecule has 0 spiro atoms. The minimum Gasteiger partial charge on any atom is -0.324 e. The van der Waals surface area contributed by atoms with Crippen LogP contribution in [0.2, 0.25) is 5.02 Å². The summed E-state index contributed by atoms with van der Waals surface area (Å²) in [5.41, 5.74) is 2.01. The largest absolute Gasteiger partial charge is 0.324 e. The van der Waals surface area contributed by atoms with Crippen molar-refractivity contribution < 1.29 is 14.0 Å². The van der Waals surface area contributed by atoms with Gasteiger partial charge in [0, 0.05) is 0 Å². The zero-order chi connectivity index (χ0) is 23.4. The Hall–Kier alpha value is -3.42. The number of hydrogen-bond acceptors (Lipinski definition) is 4. The van der Waals surface area contributed by atoms with Gasteiger partial charge in [0.25, 0.3) is 5.91 Å². The third kappa shape index (κ3) is 5.32. The molecule has 2 amide bonds. The van der Waals surface area contributed by atoms with Gasteiger partial charge in [-0.15, -0.1) is 0 Å². The molecule has 1 aliphatic rings. The standard InChI is InChI=1S/C25H19ClFN3O2S/c1-16(23(31)28-21-10-6-5-9-20(21)26)33-25-29-22(15-17-7-3-2-4-8-17)24(32)30(25)19-13-11-18(27)12-14-19/h2-16H,1H3,(H,28,31)/b22-15-. The van der Waals surface area contributed by atoms with Crippen molar-refractivity contribution in [3.8, 4) is 0 Å². The zero-order valence-corrected chi connectivity index (χ0v) is 19.1. The maximum absolute atomic E-state index is 13.5. The van der Waals surface area contributed by atoms with Gasteiger partial charge in [0.05, 0.1) is 21.6 Å². The summed E-state index contributed by atoms with van der Waals surface area (Å²) < 4.78 is 13.5. The maximum atomic E-state index is 13.5. The molecule has 5 nitrogen and oxygen atoms in total. The monoisotopic (exact) mass is 479 g/mol. The quantitative estimate of drug-likeness (QED) is 0.458. The number of nitrogens with one attached hydrogen (secondary N) is 1. The Balaban J connectivity index is 1.61. The van der Waals surface area contributed by atoms with E-state index >= 15 is 0 Å². The molecule has 0 radical (unpaired) electrons. The van der Waals surface area contributed by atoms with Gasteiger partial charge in [0.2, 0.25) is 5.91 Å². The molecule has 33 heavy (non-hydrogen) atoms. The number of anilines is 2. The van der Waals surface area contributed by atoms with Crippen LogP contribution in [0.5, 0.6) is 0 Å². The lowest BCUT2D eigenvalue weighted by molar-refractivity contribution is -0.115. The second-order valence-corrected chi connectivity index (χ2v) is 8.90. The fourth-order valence-corrected chi connectivity index (χ4v) is 4.22. The van der Waals surface area contributed by atoms with Crippen LogP contribution in [-0.2, 0) is 9.59 Å². The van der Waals surface area contributed by atoms with Gasteiger partial charge in [-0.05, 0) is 55.0 Å². The lowest BCUT2D eigenvalue weighted by atomic mass is 10.2. The molecule has 0 saturated heterocycles. The molecule has 1 N–H and O–H groups in total. The van der Waals surface area contributed by atoms with E-state index in [1.54, 1.807) is 37.3 Å². The number of thioether (sulfide) groups is 1.